The fraction of sp³-hybridized carbons (Fsp3) is 0. The van der Waals surface area contributed by atoms with Gasteiger partial charge < -0.3 is 5.73 Å². The number of benzene rings is 1. The van der Waals surface area contributed by atoms with E-state index in [1.807, 2.05) is 30.3 Å². The molecule has 2 aromatic heterocycles. The minimum atomic E-state index is 0.729. The summed E-state index contributed by atoms with van der Waals surface area (Å²) in [7, 11) is 0. The van der Waals surface area contributed by atoms with Crippen molar-refractivity contribution in [3.8, 4) is 10.6 Å². The minimum absolute atomic E-state index is 0.729. The summed E-state index contributed by atoms with van der Waals surface area (Å²) in [5.74, 6) is 0. The van der Waals surface area contributed by atoms with E-state index in [0.29, 0.717) is 0 Å². The molecule has 0 fully saturated rings. The Morgan fingerprint density at radius 2 is 2.12 bits per heavy atom. The van der Waals surface area contributed by atoms with Crippen molar-refractivity contribution >= 4 is 43.3 Å². The molecule has 0 atom stereocenters. The van der Waals surface area contributed by atoms with Crippen molar-refractivity contribution in [2.45, 2.75) is 0 Å². The van der Waals surface area contributed by atoms with Crippen LogP contribution in [-0.2, 0) is 0 Å². The highest BCUT2D eigenvalue weighted by Gasteiger charge is 2.09. The van der Waals surface area contributed by atoms with E-state index in [9.17, 15) is 0 Å². The van der Waals surface area contributed by atoms with Crippen LogP contribution in [0.15, 0.2) is 41.0 Å². The summed E-state index contributed by atoms with van der Waals surface area (Å²) in [5.41, 5.74) is 8.55. The predicted molar refractivity (Wildman–Crippen MR) is 75.0 cm³/mol. The summed E-state index contributed by atoms with van der Waals surface area (Å²) < 4.78 is 0.994. The van der Waals surface area contributed by atoms with Gasteiger partial charge in [0, 0.05) is 21.9 Å². The summed E-state index contributed by atoms with van der Waals surface area (Å²) >= 11 is 4.99. The molecule has 17 heavy (non-hydrogen) atoms. The van der Waals surface area contributed by atoms with Crippen LogP contribution in [0.1, 0.15) is 0 Å². The second-order valence-corrected chi connectivity index (χ2v) is 5.47. The summed E-state index contributed by atoms with van der Waals surface area (Å²) in [4.78, 5) is 9.76. The van der Waals surface area contributed by atoms with Gasteiger partial charge in [0.1, 0.15) is 15.4 Å². The normalized spacial score (nSPS) is 10.9. The first kappa shape index (κ1) is 10.7. The van der Waals surface area contributed by atoms with E-state index in [-0.39, 0.29) is 0 Å². The van der Waals surface area contributed by atoms with Crippen LogP contribution in [0.25, 0.3) is 20.9 Å². The van der Waals surface area contributed by atoms with Gasteiger partial charge in [0.15, 0.2) is 0 Å². The SMILES string of the molecule is Nc1ccc(Br)cc1-c1nc2cccnc2s1. The third kappa shape index (κ3) is 1.92. The van der Waals surface area contributed by atoms with Crippen molar-refractivity contribution < 1.29 is 0 Å². The van der Waals surface area contributed by atoms with Gasteiger partial charge in [-0.05, 0) is 30.3 Å². The molecule has 0 spiro atoms. The number of nitrogens with zero attached hydrogens (tertiary/aromatic N) is 2. The summed E-state index contributed by atoms with van der Waals surface area (Å²) in [6, 6.07) is 9.61. The third-order valence-corrected chi connectivity index (χ3v) is 3.92. The molecule has 3 nitrogen and oxygen atoms in total. The molecule has 5 heteroatoms. The Hall–Kier alpha value is -1.46. The highest BCUT2D eigenvalue weighted by molar-refractivity contribution is 9.10. The largest absolute Gasteiger partial charge is 0.398 e. The maximum Gasteiger partial charge on any atom is 0.143 e. The van der Waals surface area contributed by atoms with E-state index >= 15 is 0 Å². The van der Waals surface area contributed by atoms with Gasteiger partial charge in [-0.1, -0.05) is 27.3 Å². The molecule has 0 bridgehead atoms. The van der Waals surface area contributed by atoms with Gasteiger partial charge in [-0.3, -0.25) is 0 Å². The van der Waals surface area contributed by atoms with E-state index in [2.05, 4.69) is 25.9 Å². The summed E-state index contributed by atoms with van der Waals surface area (Å²) in [6.07, 6.45) is 1.77. The number of anilines is 1. The zero-order chi connectivity index (χ0) is 11.8. The van der Waals surface area contributed by atoms with Crippen LogP contribution in [0.5, 0.6) is 0 Å². The number of aromatic nitrogens is 2. The smallest absolute Gasteiger partial charge is 0.143 e. The fourth-order valence-corrected chi connectivity index (χ4v) is 2.91. The first-order valence-electron chi connectivity index (χ1n) is 5.01. The Bertz CT molecular complexity index is 660. The van der Waals surface area contributed by atoms with Crippen LogP contribution in [0.2, 0.25) is 0 Å². The molecule has 0 saturated heterocycles. The number of fused-ring (bicyclic) bond motifs is 1. The van der Waals surface area contributed by atoms with E-state index in [4.69, 9.17) is 5.73 Å². The summed E-state index contributed by atoms with van der Waals surface area (Å²) in [6.45, 7) is 0. The number of nitrogen functional groups attached to an aromatic ring is 1. The molecule has 0 aliphatic heterocycles. The zero-order valence-electron chi connectivity index (χ0n) is 8.72. The Morgan fingerprint density at radius 1 is 1.24 bits per heavy atom. The highest BCUT2D eigenvalue weighted by Crippen LogP contribution is 2.33. The second kappa shape index (κ2) is 4.09. The molecule has 0 aliphatic carbocycles. The van der Waals surface area contributed by atoms with Crippen molar-refractivity contribution in [1.29, 1.82) is 0 Å². The minimum Gasteiger partial charge on any atom is -0.398 e. The Kier molecular flexibility index (Phi) is 2.57. The number of thiazole rings is 1. The highest BCUT2D eigenvalue weighted by atomic mass is 79.9. The molecule has 0 unspecified atom stereocenters. The van der Waals surface area contributed by atoms with Gasteiger partial charge in [-0.15, -0.1) is 0 Å². The first-order chi connectivity index (χ1) is 8.24. The number of rotatable bonds is 1. The number of halogens is 1. The van der Waals surface area contributed by atoms with Crippen molar-refractivity contribution in [3.05, 3.63) is 41.0 Å². The zero-order valence-corrected chi connectivity index (χ0v) is 11.1. The van der Waals surface area contributed by atoms with Gasteiger partial charge in [-0.2, -0.15) is 0 Å². The predicted octanol–water partition coefficient (Wildman–Crippen LogP) is 3.70. The standard InChI is InChI=1S/C12H8BrN3S/c13-7-3-4-9(14)8(6-7)11-16-10-2-1-5-15-12(10)17-11/h1-6H,14H2. The van der Waals surface area contributed by atoms with E-state index in [1.54, 1.807) is 17.5 Å². The lowest BCUT2D eigenvalue weighted by molar-refractivity contribution is 1.40. The van der Waals surface area contributed by atoms with Gasteiger partial charge >= 0.3 is 0 Å². The Balaban J connectivity index is 2.23. The molecule has 0 saturated carbocycles. The molecule has 84 valence electrons. The Labute approximate surface area is 110 Å². The lowest BCUT2D eigenvalue weighted by Gasteiger charge is -2.01. The maximum absolute atomic E-state index is 5.97. The molecular weight excluding hydrogens is 298 g/mol. The molecule has 1 aromatic carbocycles. The number of pyridine rings is 1. The molecule has 2 heterocycles. The van der Waals surface area contributed by atoms with Crippen LogP contribution in [0.4, 0.5) is 5.69 Å². The fourth-order valence-electron chi connectivity index (χ4n) is 1.60. The van der Waals surface area contributed by atoms with Crippen LogP contribution >= 0.6 is 27.3 Å². The molecule has 0 aliphatic rings. The maximum atomic E-state index is 5.97. The Morgan fingerprint density at radius 3 is 2.94 bits per heavy atom. The van der Waals surface area contributed by atoms with E-state index in [1.165, 1.54) is 0 Å². The average molecular weight is 306 g/mol. The molecule has 3 rings (SSSR count). The molecule has 0 radical (unpaired) electrons. The molecule has 2 N–H and O–H groups in total. The van der Waals surface area contributed by atoms with Crippen LogP contribution < -0.4 is 5.73 Å². The quantitative estimate of drug-likeness (QED) is 0.697. The lowest BCUT2D eigenvalue weighted by Crippen LogP contribution is -1.88. The van der Waals surface area contributed by atoms with E-state index < -0.39 is 0 Å². The summed E-state index contributed by atoms with van der Waals surface area (Å²) in [5, 5.41) is 0.900. The second-order valence-electron chi connectivity index (χ2n) is 3.58. The van der Waals surface area contributed by atoms with Crippen LogP contribution in [-0.4, -0.2) is 9.97 Å². The van der Waals surface area contributed by atoms with Crippen LogP contribution in [0.3, 0.4) is 0 Å². The van der Waals surface area contributed by atoms with Crippen molar-refractivity contribution in [3.63, 3.8) is 0 Å². The van der Waals surface area contributed by atoms with Crippen molar-refractivity contribution in [1.82, 2.24) is 9.97 Å². The van der Waals surface area contributed by atoms with Crippen molar-refractivity contribution in [2.75, 3.05) is 5.73 Å². The van der Waals surface area contributed by atoms with Gasteiger partial charge in [0.2, 0.25) is 0 Å². The van der Waals surface area contributed by atoms with E-state index in [0.717, 1.165) is 31.1 Å². The van der Waals surface area contributed by atoms with Gasteiger partial charge in [0.25, 0.3) is 0 Å². The molecule has 3 aromatic rings. The first-order valence-corrected chi connectivity index (χ1v) is 6.62. The molecule has 0 amide bonds. The van der Waals surface area contributed by atoms with Crippen LogP contribution in [0, 0.1) is 0 Å². The topological polar surface area (TPSA) is 51.8 Å². The monoisotopic (exact) mass is 305 g/mol. The number of hydrogen-bond acceptors (Lipinski definition) is 4. The lowest BCUT2D eigenvalue weighted by atomic mass is 10.2. The average Bonchev–Trinajstić information content (AvgIpc) is 2.75. The van der Waals surface area contributed by atoms with Gasteiger partial charge in [0.05, 0.1) is 0 Å². The third-order valence-electron chi connectivity index (χ3n) is 2.41. The number of hydrogen-bond donors (Lipinski definition) is 1. The number of nitrogens with two attached hydrogens (primary N) is 1. The van der Waals surface area contributed by atoms with Crippen molar-refractivity contribution in [2.24, 2.45) is 0 Å². The molecular formula is C12H8BrN3S. The van der Waals surface area contributed by atoms with Gasteiger partial charge in [-0.25, -0.2) is 9.97 Å².